The van der Waals surface area contributed by atoms with E-state index in [9.17, 15) is 0 Å². The van der Waals surface area contributed by atoms with Crippen molar-refractivity contribution in [3.63, 3.8) is 0 Å². The first-order chi connectivity index (χ1) is 7.71. The normalized spacial score (nSPS) is 11.9. The second-order valence-electron chi connectivity index (χ2n) is 4.24. The lowest BCUT2D eigenvalue weighted by Gasteiger charge is -2.28. The van der Waals surface area contributed by atoms with Gasteiger partial charge >= 0.3 is 0 Å². The quantitative estimate of drug-likeness (QED) is 0.852. The van der Waals surface area contributed by atoms with E-state index in [-0.39, 0.29) is 5.54 Å². The Bertz CT molecular complexity index is 482. The molecule has 0 spiro atoms. The van der Waals surface area contributed by atoms with Gasteiger partial charge in [0.05, 0.1) is 5.52 Å². The summed E-state index contributed by atoms with van der Waals surface area (Å²) in [5.74, 6) is 0. The SMILES string of the molecule is CCC(N)(CC)c1cccc2cccnc12. The van der Waals surface area contributed by atoms with Crippen molar-refractivity contribution in [2.75, 3.05) is 0 Å². The molecule has 0 bridgehead atoms. The summed E-state index contributed by atoms with van der Waals surface area (Å²) in [4.78, 5) is 4.46. The minimum atomic E-state index is -0.256. The maximum Gasteiger partial charge on any atom is 0.0752 e. The number of nitrogens with zero attached hydrogens (tertiary/aromatic N) is 1. The summed E-state index contributed by atoms with van der Waals surface area (Å²) < 4.78 is 0. The topological polar surface area (TPSA) is 38.9 Å². The minimum absolute atomic E-state index is 0.256. The van der Waals surface area contributed by atoms with Crippen molar-refractivity contribution >= 4 is 10.9 Å². The number of nitrogens with two attached hydrogens (primary N) is 1. The van der Waals surface area contributed by atoms with Crippen LogP contribution in [0.3, 0.4) is 0 Å². The molecule has 2 N–H and O–H groups in total. The van der Waals surface area contributed by atoms with E-state index in [1.807, 2.05) is 12.3 Å². The van der Waals surface area contributed by atoms with Gasteiger partial charge in [0, 0.05) is 17.1 Å². The van der Waals surface area contributed by atoms with Gasteiger partial charge in [-0.2, -0.15) is 0 Å². The van der Waals surface area contributed by atoms with Crippen molar-refractivity contribution in [3.8, 4) is 0 Å². The standard InChI is InChI=1S/C14H18N2/c1-3-14(15,4-2)12-9-5-7-11-8-6-10-16-13(11)12/h5-10H,3-4,15H2,1-2H3. The van der Waals surface area contributed by atoms with Crippen LogP contribution in [-0.2, 0) is 5.54 Å². The van der Waals surface area contributed by atoms with Gasteiger partial charge in [0.1, 0.15) is 0 Å². The predicted octanol–water partition coefficient (Wildman–Crippen LogP) is 3.21. The van der Waals surface area contributed by atoms with Gasteiger partial charge in [0.15, 0.2) is 0 Å². The highest BCUT2D eigenvalue weighted by molar-refractivity contribution is 5.82. The highest BCUT2D eigenvalue weighted by Crippen LogP contribution is 2.30. The van der Waals surface area contributed by atoms with Crippen LogP contribution in [0.1, 0.15) is 32.3 Å². The average molecular weight is 214 g/mol. The fraction of sp³-hybridized carbons (Fsp3) is 0.357. The molecule has 0 aliphatic carbocycles. The van der Waals surface area contributed by atoms with Crippen molar-refractivity contribution < 1.29 is 0 Å². The Kier molecular flexibility index (Phi) is 2.92. The molecule has 0 aliphatic heterocycles. The van der Waals surface area contributed by atoms with Gasteiger partial charge in [-0.25, -0.2) is 0 Å². The Morgan fingerprint density at radius 1 is 1.12 bits per heavy atom. The van der Waals surface area contributed by atoms with Crippen LogP contribution in [0.4, 0.5) is 0 Å². The lowest BCUT2D eigenvalue weighted by atomic mass is 9.84. The number of para-hydroxylation sites is 1. The highest BCUT2D eigenvalue weighted by atomic mass is 14.8. The van der Waals surface area contributed by atoms with Crippen LogP contribution in [0.15, 0.2) is 36.5 Å². The maximum absolute atomic E-state index is 6.44. The molecular weight excluding hydrogens is 196 g/mol. The van der Waals surface area contributed by atoms with E-state index in [4.69, 9.17) is 5.73 Å². The first-order valence-electron chi connectivity index (χ1n) is 5.84. The Morgan fingerprint density at radius 3 is 2.50 bits per heavy atom. The van der Waals surface area contributed by atoms with Crippen LogP contribution in [0.2, 0.25) is 0 Å². The Morgan fingerprint density at radius 2 is 1.81 bits per heavy atom. The van der Waals surface area contributed by atoms with Crippen LogP contribution >= 0.6 is 0 Å². The molecule has 2 rings (SSSR count). The smallest absolute Gasteiger partial charge is 0.0752 e. The summed E-state index contributed by atoms with van der Waals surface area (Å²) in [7, 11) is 0. The Labute approximate surface area is 96.5 Å². The predicted molar refractivity (Wildman–Crippen MR) is 68.2 cm³/mol. The summed E-state index contributed by atoms with van der Waals surface area (Å²) in [6.45, 7) is 4.26. The number of aromatic nitrogens is 1. The molecule has 0 amide bonds. The molecule has 0 atom stereocenters. The fourth-order valence-corrected chi connectivity index (χ4v) is 2.14. The highest BCUT2D eigenvalue weighted by Gasteiger charge is 2.25. The Balaban J connectivity index is 2.69. The summed E-state index contributed by atoms with van der Waals surface area (Å²) in [6.07, 6.45) is 3.69. The second kappa shape index (κ2) is 4.22. The van der Waals surface area contributed by atoms with Crippen LogP contribution in [0.25, 0.3) is 10.9 Å². The molecule has 0 aliphatic rings. The zero-order chi connectivity index (χ0) is 11.6. The fourth-order valence-electron chi connectivity index (χ4n) is 2.14. The maximum atomic E-state index is 6.44. The lowest BCUT2D eigenvalue weighted by molar-refractivity contribution is 0.415. The molecule has 1 aromatic heterocycles. The lowest BCUT2D eigenvalue weighted by Crippen LogP contribution is -2.35. The van der Waals surface area contributed by atoms with Crippen molar-refractivity contribution in [2.45, 2.75) is 32.2 Å². The third-order valence-corrected chi connectivity index (χ3v) is 3.43. The molecule has 2 nitrogen and oxygen atoms in total. The molecule has 0 saturated heterocycles. The van der Waals surface area contributed by atoms with Crippen molar-refractivity contribution in [1.82, 2.24) is 4.98 Å². The van der Waals surface area contributed by atoms with Crippen LogP contribution in [-0.4, -0.2) is 4.98 Å². The van der Waals surface area contributed by atoms with Gasteiger partial charge in [0.2, 0.25) is 0 Å². The summed E-state index contributed by atoms with van der Waals surface area (Å²) >= 11 is 0. The van der Waals surface area contributed by atoms with Crippen molar-refractivity contribution in [3.05, 3.63) is 42.1 Å². The summed E-state index contributed by atoms with van der Waals surface area (Å²) in [5.41, 5.74) is 8.39. The first kappa shape index (κ1) is 11.1. The van der Waals surface area contributed by atoms with E-state index in [1.165, 1.54) is 0 Å². The molecule has 0 saturated carbocycles. The van der Waals surface area contributed by atoms with E-state index >= 15 is 0 Å². The van der Waals surface area contributed by atoms with Crippen LogP contribution < -0.4 is 5.73 Å². The van der Waals surface area contributed by atoms with E-state index in [0.717, 1.165) is 29.3 Å². The van der Waals surface area contributed by atoms with E-state index in [0.29, 0.717) is 0 Å². The minimum Gasteiger partial charge on any atom is -0.321 e. The molecule has 16 heavy (non-hydrogen) atoms. The van der Waals surface area contributed by atoms with Gasteiger partial charge < -0.3 is 5.73 Å². The van der Waals surface area contributed by atoms with Crippen LogP contribution in [0.5, 0.6) is 0 Å². The number of fused-ring (bicyclic) bond motifs is 1. The van der Waals surface area contributed by atoms with Gasteiger partial charge in [0.25, 0.3) is 0 Å². The molecule has 0 radical (unpaired) electrons. The van der Waals surface area contributed by atoms with Gasteiger partial charge in [-0.15, -0.1) is 0 Å². The number of pyridine rings is 1. The van der Waals surface area contributed by atoms with Crippen molar-refractivity contribution in [2.24, 2.45) is 5.73 Å². The number of hydrogen-bond donors (Lipinski definition) is 1. The molecule has 0 fully saturated rings. The van der Waals surface area contributed by atoms with Gasteiger partial charge in [-0.05, 0) is 24.5 Å². The zero-order valence-electron chi connectivity index (χ0n) is 9.90. The number of rotatable bonds is 3. The number of hydrogen-bond acceptors (Lipinski definition) is 2. The summed E-state index contributed by atoms with van der Waals surface area (Å²) in [6, 6.07) is 10.3. The molecule has 0 unspecified atom stereocenters. The Hall–Kier alpha value is -1.41. The number of benzene rings is 1. The second-order valence-corrected chi connectivity index (χ2v) is 4.24. The molecule has 2 aromatic rings. The van der Waals surface area contributed by atoms with E-state index in [1.54, 1.807) is 0 Å². The molecular formula is C14H18N2. The molecule has 1 heterocycles. The zero-order valence-corrected chi connectivity index (χ0v) is 9.90. The van der Waals surface area contributed by atoms with Crippen LogP contribution in [0, 0.1) is 0 Å². The van der Waals surface area contributed by atoms with Crippen molar-refractivity contribution in [1.29, 1.82) is 0 Å². The monoisotopic (exact) mass is 214 g/mol. The largest absolute Gasteiger partial charge is 0.321 e. The van der Waals surface area contributed by atoms with E-state index in [2.05, 4.69) is 43.1 Å². The molecule has 1 aromatic carbocycles. The first-order valence-corrected chi connectivity index (χ1v) is 5.84. The van der Waals surface area contributed by atoms with Gasteiger partial charge in [-0.1, -0.05) is 38.1 Å². The molecule has 84 valence electrons. The third-order valence-electron chi connectivity index (χ3n) is 3.43. The third kappa shape index (κ3) is 1.69. The molecule has 2 heteroatoms. The van der Waals surface area contributed by atoms with E-state index < -0.39 is 0 Å². The average Bonchev–Trinajstić information content (AvgIpc) is 2.37. The van der Waals surface area contributed by atoms with Gasteiger partial charge in [-0.3, -0.25) is 4.98 Å². The summed E-state index contributed by atoms with van der Waals surface area (Å²) in [5, 5.41) is 1.16.